The highest BCUT2D eigenvalue weighted by Crippen LogP contribution is 2.14. The van der Waals surface area contributed by atoms with E-state index >= 15 is 0 Å². The first-order chi connectivity index (χ1) is 13.2. The Balaban J connectivity index is 2.60. The number of benzene rings is 1. The quantitative estimate of drug-likeness (QED) is 0.561. The minimum atomic E-state index is -0.821. The van der Waals surface area contributed by atoms with Gasteiger partial charge in [0, 0.05) is 35.4 Å². The van der Waals surface area contributed by atoms with Crippen molar-refractivity contribution in [3.05, 3.63) is 35.9 Å². The molecule has 6 nitrogen and oxygen atoms in total. The van der Waals surface area contributed by atoms with Crippen LogP contribution in [0.3, 0.4) is 0 Å². The second kappa shape index (κ2) is 12.6. The van der Waals surface area contributed by atoms with Gasteiger partial charge in [0.2, 0.25) is 16.9 Å². The molecule has 0 aromatic heterocycles. The number of hydrogen-bond acceptors (Lipinski definition) is 6. The Hall–Kier alpha value is -1.80. The SMILES string of the molecule is CC(C)C(=O)N[C@@H](CSC(=O)c1ccccc1)C(=O)NCCSC(=O)C(C)C. The predicted octanol–water partition coefficient (Wildman–Crippen LogP) is 2.73. The van der Waals surface area contributed by atoms with Crippen LogP contribution >= 0.6 is 23.5 Å². The first kappa shape index (κ1) is 24.2. The van der Waals surface area contributed by atoms with Gasteiger partial charge >= 0.3 is 0 Å². The van der Waals surface area contributed by atoms with Crippen molar-refractivity contribution in [2.75, 3.05) is 18.1 Å². The highest BCUT2D eigenvalue weighted by molar-refractivity contribution is 8.14. The Kier molecular flexibility index (Phi) is 10.9. The minimum Gasteiger partial charge on any atom is -0.353 e. The number of hydrogen-bond donors (Lipinski definition) is 2. The van der Waals surface area contributed by atoms with E-state index in [1.807, 2.05) is 19.9 Å². The molecule has 0 bridgehead atoms. The molecule has 0 saturated carbocycles. The molecule has 1 atom stereocenters. The summed E-state index contributed by atoms with van der Waals surface area (Å²) in [4.78, 5) is 48.4. The maximum absolute atomic E-state index is 12.5. The van der Waals surface area contributed by atoms with Crippen molar-refractivity contribution in [1.82, 2.24) is 10.6 Å². The Labute approximate surface area is 175 Å². The Morgan fingerprint density at radius 2 is 1.54 bits per heavy atom. The van der Waals surface area contributed by atoms with Crippen molar-refractivity contribution in [2.45, 2.75) is 33.7 Å². The van der Waals surface area contributed by atoms with E-state index in [4.69, 9.17) is 0 Å². The Morgan fingerprint density at radius 3 is 2.11 bits per heavy atom. The Bertz CT molecular complexity index is 678. The average Bonchev–Trinajstić information content (AvgIpc) is 2.67. The molecule has 0 unspecified atom stereocenters. The fourth-order valence-electron chi connectivity index (χ4n) is 1.95. The molecular formula is C20H28N2O4S2. The van der Waals surface area contributed by atoms with Crippen LogP contribution in [-0.2, 0) is 14.4 Å². The van der Waals surface area contributed by atoms with E-state index in [9.17, 15) is 19.2 Å². The van der Waals surface area contributed by atoms with Gasteiger partial charge in [-0.15, -0.1) is 0 Å². The van der Waals surface area contributed by atoms with Crippen molar-refractivity contribution in [1.29, 1.82) is 0 Å². The van der Waals surface area contributed by atoms with Crippen LogP contribution in [0.1, 0.15) is 38.1 Å². The molecule has 1 aromatic rings. The molecule has 0 aliphatic rings. The van der Waals surface area contributed by atoms with Gasteiger partial charge in [-0.05, 0) is 0 Å². The molecule has 0 aliphatic heterocycles. The van der Waals surface area contributed by atoms with Crippen molar-refractivity contribution in [2.24, 2.45) is 11.8 Å². The highest BCUT2D eigenvalue weighted by Gasteiger charge is 2.23. The van der Waals surface area contributed by atoms with Crippen molar-refractivity contribution in [3.63, 3.8) is 0 Å². The summed E-state index contributed by atoms with van der Waals surface area (Å²) in [7, 11) is 0. The lowest BCUT2D eigenvalue weighted by Gasteiger charge is -2.19. The highest BCUT2D eigenvalue weighted by atomic mass is 32.2. The first-order valence-electron chi connectivity index (χ1n) is 9.19. The van der Waals surface area contributed by atoms with Crippen molar-refractivity contribution in [3.8, 4) is 0 Å². The van der Waals surface area contributed by atoms with Gasteiger partial charge in [0.05, 0.1) is 0 Å². The summed E-state index contributed by atoms with van der Waals surface area (Å²) in [5.41, 5.74) is 0.547. The topological polar surface area (TPSA) is 92.3 Å². The van der Waals surface area contributed by atoms with Gasteiger partial charge in [-0.2, -0.15) is 0 Å². The summed E-state index contributed by atoms with van der Waals surface area (Å²) in [6.07, 6.45) is 0. The molecule has 0 fully saturated rings. The summed E-state index contributed by atoms with van der Waals surface area (Å²) in [6, 6.07) is 7.96. The monoisotopic (exact) mass is 424 g/mol. The Morgan fingerprint density at radius 1 is 0.893 bits per heavy atom. The predicted molar refractivity (Wildman–Crippen MR) is 115 cm³/mol. The molecule has 154 valence electrons. The molecule has 2 N–H and O–H groups in total. The molecular weight excluding hydrogens is 396 g/mol. The molecule has 2 amide bonds. The second-order valence-corrected chi connectivity index (χ2v) is 8.89. The fraction of sp³-hybridized carbons (Fsp3) is 0.500. The molecule has 0 heterocycles. The standard InChI is InChI=1S/C20H28N2O4S2/c1-13(2)17(23)22-16(12-28-20(26)15-8-6-5-7-9-15)18(24)21-10-11-27-19(25)14(3)4/h5-9,13-14,16H,10-12H2,1-4H3,(H,21,24)(H,22,23)/t16-/m0/s1. The number of amides is 2. The lowest BCUT2D eigenvalue weighted by Crippen LogP contribution is -2.50. The number of thioether (sulfide) groups is 2. The summed E-state index contributed by atoms with van der Waals surface area (Å²) in [5.74, 6) is -0.347. The van der Waals surface area contributed by atoms with E-state index in [1.54, 1.807) is 38.1 Å². The first-order valence-corrected chi connectivity index (χ1v) is 11.2. The largest absolute Gasteiger partial charge is 0.353 e. The van der Waals surface area contributed by atoms with Gasteiger partial charge in [-0.3, -0.25) is 19.2 Å². The minimum absolute atomic E-state index is 0.0563. The van der Waals surface area contributed by atoms with E-state index in [-0.39, 0.29) is 39.6 Å². The smallest absolute Gasteiger partial charge is 0.243 e. The molecule has 0 saturated heterocycles. The lowest BCUT2D eigenvalue weighted by molar-refractivity contribution is -0.130. The molecule has 0 spiro atoms. The molecule has 1 rings (SSSR count). The van der Waals surface area contributed by atoms with Gasteiger partial charge in [-0.1, -0.05) is 81.6 Å². The summed E-state index contributed by atoms with van der Waals surface area (Å²) >= 11 is 2.17. The number of nitrogens with one attached hydrogen (secondary N) is 2. The number of rotatable bonds is 10. The zero-order chi connectivity index (χ0) is 21.1. The normalized spacial score (nSPS) is 11.9. The van der Waals surface area contributed by atoms with Crippen LogP contribution in [0.25, 0.3) is 0 Å². The van der Waals surface area contributed by atoms with Crippen LogP contribution in [0, 0.1) is 11.8 Å². The van der Waals surface area contributed by atoms with E-state index in [0.717, 1.165) is 11.8 Å². The molecule has 8 heteroatoms. The van der Waals surface area contributed by atoms with Crippen LogP contribution in [0.5, 0.6) is 0 Å². The van der Waals surface area contributed by atoms with E-state index < -0.39 is 6.04 Å². The van der Waals surface area contributed by atoms with E-state index in [0.29, 0.717) is 17.9 Å². The van der Waals surface area contributed by atoms with Crippen LogP contribution in [0.15, 0.2) is 30.3 Å². The average molecular weight is 425 g/mol. The maximum atomic E-state index is 12.5. The van der Waals surface area contributed by atoms with E-state index in [2.05, 4.69) is 10.6 Å². The molecule has 0 radical (unpaired) electrons. The zero-order valence-corrected chi connectivity index (χ0v) is 18.3. The lowest BCUT2D eigenvalue weighted by atomic mass is 10.2. The molecule has 1 aromatic carbocycles. The van der Waals surface area contributed by atoms with Gasteiger partial charge < -0.3 is 10.6 Å². The summed E-state index contributed by atoms with van der Waals surface area (Å²) < 4.78 is 0. The van der Waals surface area contributed by atoms with Crippen molar-refractivity contribution >= 4 is 45.6 Å². The third-order valence-electron chi connectivity index (χ3n) is 3.66. The molecule has 0 aliphatic carbocycles. The fourth-order valence-corrected chi connectivity index (χ4v) is 3.55. The van der Waals surface area contributed by atoms with E-state index in [1.165, 1.54) is 11.8 Å². The summed E-state index contributed by atoms with van der Waals surface area (Å²) in [5, 5.41) is 5.34. The zero-order valence-electron chi connectivity index (χ0n) is 16.7. The van der Waals surface area contributed by atoms with Crippen LogP contribution in [0.2, 0.25) is 0 Å². The summed E-state index contributed by atoms with van der Waals surface area (Å²) in [6.45, 7) is 7.44. The van der Waals surface area contributed by atoms with Gasteiger partial charge in [-0.25, -0.2) is 0 Å². The number of carbonyl (C=O) groups excluding carboxylic acids is 4. The van der Waals surface area contributed by atoms with Crippen LogP contribution in [0.4, 0.5) is 0 Å². The van der Waals surface area contributed by atoms with Crippen LogP contribution < -0.4 is 10.6 Å². The van der Waals surface area contributed by atoms with Crippen LogP contribution in [-0.4, -0.2) is 46.1 Å². The third-order valence-corrected chi connectivity index (χ3v) is 5.83. The van der Waals surface area contributed by atoms with Gasteiger partial charge in [0.25, 0.3) is 0 Å². The number of carbonyl (C=O) groups is 4. The maximum Gasteiger partial charge on any atom is 0.243 e. The molecule has 28 heavy (non-hydrogen) atoms. The van der Waals surface area contributed by atoms with Gasteiger partial charge in [0.1, 0.15) is 6.04 Å². The third kappa shape index (κ3) is 8.93. The van der Waals surface area contributed by atoms with Crippen molar-refractivity contribution < 1.29 is 19.2 Å². The van der Waals surface area contributed by atoms with Gasteiger partial charge in [0.15, 0.2) is 5.12 Å². The second-order valence-electron chi connectivity index (χ2n) is 6.79.